The lowest BCUT2D eigenvalue weighted by Crippen LogP contribution is -1.94. The third-order valence-corrected chi connectivity index (χ3v) is 3.86. The van der Waals surface area contributed by atoms with Crippen LogP contribution in [0.25, 0.3) is 4.85 Å². The Morgan fingerprint density at radius 2 is 1.93 bits per heavy atom. The summed E-state index contributed by atoms with van der Waals surface area (Å²) in [5, 5.41) is 0.494. The van der Waals surface area contributed by atoms with Gasteiger partial charge in [-0.1, -0.05) is 34.8 Å². The van der Waals surface area contributed by atoms with Crippen LogP contribution >= 0.6 is 50.7 Å². The smallest absolute Gasteiger partial charge is 0.310 e. The lowest BCUT2D eigenvalue weighted by Gasteiger charge is -2.05. The third-order valence-electron chi connectivity index (χ3n) is 1.43. The van der Waals surface area contributed by atoms with Crippen molar-refractivity contribution in [2.45, 2.75) is 0 Å². The Kier molecular flexibility index (Phi) is 3.79. The van der Waals surface area contributed by atoms with E-state index < -0.39 is 5.91 Å². The van der Waals surface area contributed by atoms with Gasteiger partial charge in [0, 0.05) is 5.56 Å². The number of amides is 1. The van der Waals surface area contributed by atoms with Gasteiger partial charge in [0.15, 0.2) is 0 Å². The molecule has 0 atom stereocenters. The van der Waals surface area contributed by atoms with E-state index in [4.69, 9.17) is 41.4 Å². The van der Waals surface area contributed by atoms with Gasteiger partial charge in [-0.25, -0.2) is 0 Å². The molecule has 0 unspecified atom stereocenters. The maximum atomic E-state index is 11.1. The zero-order chi connectivity index (χ0) is 10.9. The first kappa shape index (κ1) is 11.8. The highest BCUT2D eigenvalue weighted by Crippen LogP contribution is 2.38. The van der Waals surface area contributed by atoms with Crippen molar-refractivity contribution in [3.63, 3.8) is 0 Å². The molecule has 0 heterocycles. The average molecular weight is 313 g/mol. The lowest BCUT2D eigenvalue weighted by molar-refractivity contribution is 0.104. The first-order valence-corrected chi connectivity index (χ1v) is 5.16. The Morgan fingerprint density at radius 3 is 2.43 bits per heavy atom. The number of halogens is 4. The SMILES string of the molecule is [C-]#[N+]C(=O)c1cc(Cl)c(Cl)c(Br)c1Cl. The molecule has 6 heteroatoms. The van der Waals surface area contributed by atoms with Crippen molar-refractivity contribution in [3.8, 4) is 0 Å². The van der Waals surface area contributed by atoms with Crippen molar-refractivity contribution in [3.05, 3.63) is 42.6 Å². The van der Waals surface area contributed by atoms with Crippen LogP contribution in [0.1, 0.15) is 10.4 Å². The Balaban J connectivity index is 3.50. The van der Waals surface area contributed by atoms with Crippen molar-refractivity contribution in [2.24, 2.45) is 0 Å². The van der Waals surface area contributed by atoms with E-state index in [1.165, 1.54) is 6.07 Å². The highest BCUT2D eigenvalue weighted by Gasteiger charge is 2.17. The standard InChI is InChI=1S/C8HBrCl3NO/c1-13-8(14)3-2-4(10)7(12)5(9)6(3)11/h2H. The molecule has 0 saturated heterocycles. The van der Waals surface area contributed by atoms with E-state index in [2.05, 4.69) is 20.8 Å². The van der Waals surface area contributed by atoms with Gasteiger partial charge in [-0.3, -0.25) is 0 Å². The van der Waals surface area contributed by atoms with Gasteiger partial charge in [0.05, 0.1) is 26.1 Å². The predicted molar refractivity (Wildman–Crippen MR) is 60.1 cm³/mol. The van der Waals surface area contributed by atoms with Crippen LogP contribution in [-0.4, -0.2) is 5.91 Å². The summed E-state index contributed by atoms with van der Waals surface area (Å²) in [4.78, 5) is 13.8. The molecule has 0 aliphatic carbocycles. The second-order valence-electron chi connectivity index (χ2n) is 2.26. The number of carbonyl (C=O) groups is 1. The van der Waals surface area contributed by atoms with Crippen LogP contribution in [0.3, 0.4) is 0 Å². The molecular formula is C8HBrCl3NO. The minimum absolute atomic E-state index is 0.0444. The topological polar surface area (TPSA) is 21.4 Å². The lowest BCUT2D eigenvalue weighted by atomic mass is 10.2. The third kappa shape index (κ3) is 2.04. The van der Waals surface area contributed by atoms with Crippen molar-refractivity contribution in [2.75, 3.05) is 0 Å². The summed E-state index contributed by atoms with van der Waals surface area (Å²) in [6.07, 6.45) is 0. The van der Waals surface area contributed by atoms with Crippen molar-refractivity contribution < 1.29 is 4.79 Å². The summed E-state index contributed by atoms with van der Waals surface area (Å²) >= 11 is 20.3. The number of hydrogen-bond donors (Lipinski definition) is 0. The maximum Gasteiger partial charge on any atom is 0.387 e. The van der Waals surface area contributed by atoms with Crippen molar-refractivity contribution >= 4 is 56.6 Å². The van der Waals surface area contributed by atoms with Gasteiger partial charge in [0.25, 0.3) is 0 Å². The van der Waals surface area contributed by atoms with Gasteiger partial charge in [-0.15, -0.1) is 0 Å². The van der Waals surface area contributed by atoms with Crippen molar-refractivity contribution in [1.29, 1.82) is 0 Å². The molecule has 1 aromatic rings. The van der Waals surface area contributed by atoms with Crippen molar-refractivity contribution in [1.82, 2.24) is 0 Å². The van der Waals surface area contributed by atoms with Crippen LogP contribution in [0.4, 0.5) is 0 Å². The number of benzene rings is 1. The van der Waals surface area contributed by atoms with Gasteiger partial charge in [0.1, 0.15) is 0 Å². The van der Waals surface area contributed by atoms with Crippen LogP contribution in [0, 0.1) is 6.57 Å². The molecular weight excluding hydrogens is 312 g/mol. The number of hydrogen-bond acceptors (Lipinski definition) is 1. The summed E-state index contributed by atoms with van der Waals surface area (Å²) in [5.74, 6) is -0.769. The predicted octanol–water partition coefficient (Wildman–Crippen LogP) is 4.47. The molecule has 1 aromatic carbocycles. The Bertz CT molecular complexity index is 453. The number of rotatable bonds is 1. The number of carbonyl (C=O) groups excluding carboxylic acids is 1. The quantitative estimate of drug-likeness (QED) is 0.426. The molecule has 0 aromatic heterocycles. The highest BCUT2D eigenvalue weighted by molar-refractivity contribution is 9.10. The van der Waals surface area contributed by atoms with Crippen LogP contribution in [0.2, 0.25) is 15.1 Å². The van der Waals surface area contributed by atoms with Gasteiger partial charge in [-0.2, -0.15) is 4.85 Å². The minimum Gasteiger partial charge on any atom is -0.310 e. The minimum atomic E-state index is -0.769. The monoisotopic (exact) mass is 311 g/mol. The molecule has 0 fully saturated rings. The summed E-state index contributed by atoms with van der Waals surface area (Å²) < 4.78 is 0.320. The maximum absolute atomic E-state index is 11.1. The van der Waals surface area contributed by atoms with E-state index in [0.717, 1.165) is 0 Å². The summed E-state index contributed by atoms with van der Waals surface area (Å²) in [6.45, 7) is 6.56. The number of nitrogens with zero attached hydrogens (tertiary/aromatic N) is 1. The molecule has 0 radical (unpaired) electrons. The van der Waals surface area contributed by atoms with Gasteiger partial charge < -0.3 is 4.79 Å². The van der Waals surface area contributed by atoms with E-state index in [1.807, 2.05) is 0 Å². The zero-order valence-electron chi connectivity index (χ0n) is 6.44. The molecule has 1 rings (SSSR count). The van der Waals surface area contributed by atoms with E-state index in [-0.39, 0.29) is 20.6 Å². The second-order valence-corrected chi connectivity index (χ2v) is 4.22. The highest BCUT2D eigenvalue weighted by atomic mass is 79.9. The Hall–Kier alpha value is -0.270. The molecule has 14 heavy (non-hydrogen) atoms. The molecule has 0 saturated carbocycles. The summed E-state index contributed by atoms with van der Waals surface area (Å²) in [5.41, 5.74) is 0.0444. The van der Waals surface area contributed by atoms with Crippen LogP contribution in [-0.2, 0) is 0 Å². The van der Waals surface area contributed by atoms with Crippen LogP contribution in [0.5, 0.6) is 0 Å². The summed E-state index contributed by atoms with van der Waals surface area (Å²) in [7, 11) is 0. The largest absolute Gasteiger partial charge is 0.387 e. The fraction of sp³-hybridized carbons (Fsp3) is 0. The molecule has 72 valence electrons. The normalized spacial score (nSPS) is 9.64. The zero-order valence-corrected chi connectivity index (χ0v) is 10.3. The molecule has 0 aliphatic heterocycles. The molecule has 0 N–H and O–H groups in total. The van der Waals surface area contributed by atoms with E-state index in [1.54, 1.807) is 0 Å². The Morgan fingerprint density at radius 1 is 1.36 bits per heavy atom. The first-order valence-electron chi connectivity index (χ1n) is 3.23. The molecule has 0 spiro atoms. The van der Waals surface area contributed by atoms with E-state index in [9.17, 15) is 4.79 Å². The van der Waals surface area contributed by atoms with Crippen LogP contribution < -0.4 is 0 Å². The van der Waals surface area contributed by atoms with Gasteiger partial charge in [-0.05, 0) is 22.0 Å². The average Bonchev–Trinajstić information content (AvgIpc) is 2.19. The molecule has 1 amide bonds. The van der Waals surface area contributed by atoms with Gasteiger partial charge >= 0.3 is 5.91 Å². The Labute approximate surface area is 104 Å². The molecule has 0 bridgehead atoms. The van der Waals surface area contributed by atoms with E-state index >= 15 is 0 Å². The fourth-order valence-corrected chi connectivity index (χ4v) is 1.96. The first-order chi connectivity index (χ1) is 6.49. The molecule has 0 aliphatic rings. The molecule has 2 nitrogen and oxygen atoms in total. The van der Waals surface area contributed by atoms with Gasteiger partial charge in [0.2, 0.25) is 0 Å². The second kappa shape index (κ2) is 4.50. The summed E-state index contributed by atoms with van der Waals surface area (Å²) in [6, 6.07) is 1.28. The van der Waals surface area contributed by atoms with E-state index in [0.29, 0.717) is 4.47 Å². The fourth-order valence-electron chi connectivity index (χ4n) is 0.789. The van der Waals surface area contributed by atoms with Crippen LogP contribution in [0.15, 0.2) is 10.5 Å².